The van der Waals surface area contributed by atoms with E-state index in [1.807, 2.05) is 26.0 Å². The SMILES string of the molecule is CC(C)c1nc(N(C)S(C)(=O)=O)nc(-c2ccc(F)cc2)c1/C=C/C1C[C@@H](O)CCO1. The number of halogens is 1. The van der Waals surface area contributed by atoms with Gasteiger partial charge in [0.15, 0.2) is 0 Å². The quantitative estimate of drug-likeness (QED) is 0.727. The second kappa shape index (κ2) is 9.42. The average Bonchev–Trinajstić information content (AvgIpc) is 2.71. The summed E-state index contributed by atoms with van der Waals surface area (Å²) >= 11 is 0. The van der Waals surface area contributed by atoms with Crippen LogP contribution < -0.4 is 4.31 Å². The summed E-state index contributed by atoms with van der Waals surface area (Å²) < 4.78 is 44.5. The van der Waals surface area contributed by atoms with Crippen molar-refractivity contribution in [1.29, 1.82) is 0 Å². The van der Waals surface area contributed by atoms with E-state index in [2.05, 4.69) is 9.97 Å². The number of aliphatic hydroxyl groups excluding tert-OH is 1. The summed E-state index contributed by atoms with van der Waals surface area (Å²) in [7, 11) is -2.17. The van der Waals surface area contributed by atoms with Crippen molar-refractivity contribution in [3.8, 4) is 11.3 Å². The van der Waals surface area contributed by atoms with E-state index < -0.39 is 16.1 Å². The Morgan fingerprint density at radius 3 is 2.52 bits per heavy atom. The van der Waals surface area contributed by atoms with Crippen LogP contribution in [0, 0.1) is 5.82 Å². The van der Waals surface area contributed by atoms with Crippen molar-refractivity contribution in [2.24, 2.45) is 0 Å². The first-order chi connectivity index (χ1) is 14.6. The van der Waals surface area contributed by atoms with Crippen LogP contribution in [-0.2, 0) is 14.8 Å². The van der Waals surface area contributed by atoms with Gasteiger partial charge in [0.25, 0.3) is 0 Å². The molecule has 1 aromatic carbocycles. The largest absolute Gasteiger partial charge is 0.393 e. The fourth-order valence-electron chi connectivity index (χ4n) is 3.34. The van der Waals surface area contributed by atoms with Gasteiger partial charge in [-0.3, -0.25) is 0 Å². The third kappa shape index (κ3) is 5.66. The maximum Gasteiger partial charge on any atom is 0.239 e. The molecule has 168 valence electrons. The Labute approximate surface area is 182 Å². The molecule has 2 heterocycles. The summed E-state index contributed by atoms with van der Waals surface area (Å²) in [5, 5.41) is 9.92. The standard InChI is InChI=1S/C22H28FN3O4S/c1-14(2)20-19(10-9-18-13-17(27)11-12-30-18)21(15-5-7-16(23)8-6-15)25-22(24-20)26(3)31(4,28)29/h5-10,14,17-18,27H,11-13H2,1-4H3/b10-9+/t17-,18?/m0/s1. The third-order valence-electron chi connectivity index (χ3n) is 5.17. The topological polar surface area (TPSA) is 92.6 Å². The fraction of sp³-hybridized carbons (Fsp3) is 0.455. The molecule has 0 amide bonds. The van der Waals surface area contributed by atoms with Gasteiger partial charge in [0.1, 0.15) is 5.82 Å². The lowest BCUT2D eigenvalue weighted by atomic mass is 9.97. The molecule has 1 aliphatic heterocycles. The van der Waals surface area contributed by atoms with E-state index in [4.69, 9.17) is 4.74 Å². The van der Waals surface area contributed by atoms with Gasteiger partial charge in [-0.25, -0.2) is 27.1 Å². The lowest BCUT2D eigenvalue weighted by Crippen LogP contribution is -2.28. The molecule has 2 atom stereocenters. The maximum absolute atomic E-state index is 13.5. The first-order valence-electron chi connectivity index (χ1n) is 10.2. The summed E-state index contributed by atoms with van der Waals surface area (Å²) in [4.78, 5) is 9.07. The molecule has 9 heteroatoms. The van der Waals surface area contributed by atoms with Crippen molar-refractivity contribution in [1.82, 2.24) is 9.97 Å². The van der Waals surface area contributed by atoms with Crippen LogP contribution in [0.5, 0.6) is 0 Å². The van der Waals surface area contributed by atoms with Crippen LogP contribution in [0.2, 0.25) is 0 Å². The first-order valence-corrected chi connectivity index (χ1v) is 12.0. The number of nitrogens with zero attached hydrogens (tertiary/aromatic N) is 3. The van der Waals surface area contributed by atoms with Crippen molar-refractivity contribution in [2.75, 3.05) is 24.2 Å². The minimum atomic E-state index is -3.57. The molecular weight excluding hydrogens is 421 g/mol. The normalized spacial score (nSPS) is 19.8. The highest BCUT2D eigenvalue weighted by Gasteiger charge is 2.23. The highest BCUT2D eigenvalue weighted by atomic mass is 32.2. The molecule has 0 spiro atoms. The molecule has 1 aliphatic rings. The lowest BCUT2D eigenvalue weighted by Gasteiger charge is -2.24. The van der Waals surface area contributed by atoms with Crippen LogP contribution in [-0.4, -0.2) is 55.6 Å². The minimum absolute atomic E-state index is 0.0357. The summed E-state index contributed by atoms with van der Waals surface area (Å²) in [6.45, 7) is 4.39. The average molecular weight is 450 g/mol. The predicted molar refractivity (Wildman–Crippen MR) is 119 cm³/mol. The van der Waals surface area contributed by atoms with Crippen LogP contribution in [0.25, 0.3) is 17.3 Å². The number of aliphatic hydroxyl groups is 1. The summed E-state index contributed by atoms with van der Waals surface area (Å²) in [5.74, 6) is -0.365. The Hall–Kier alpha value is -2.36. The molecule has 2 aromatic rings. The smallest absolute Gasteiger partial charge is 0.239 e. The van der Waals surface area contributed by atoms with Gasteiger partial charge in [0, 0.05) is 31.2 Å². The molecule has 7 nitrogen and oxygen atoms in total. The van der Waals surface area contributed by atoms with Crippen LogP contribution >= 0.6 is 0 Å². The van der Waals surface area contributed by atoms with Crippen LogP contribution in [0.4, 0.5) is 10.3 Å². The Bertz CT molecular complexity index is 1060. The first kappa shape index (κ1) is 23.3. The number of sulfonamides is 1. The summed E-state index contributed by atoms with van der Waals surface area (Å²) in [5.41, 5.74) is 2.50. The van der Waals surface area contributed by atoms with Crippen molar-refractivity contribution in [2.45, 2.75) is 44.8 Å². The molecule has 1 saturated heterocycles. The molecular formula is C22H28FN3O4S. The van der Waals surface area contributed by atoms with E-state index in [-0.39, 0.29) is 23.8 Å². The lowest BCUT2D eigenvalue weighted by molar-refractivity contribution is -0.0207. The molecule has 0 bridgehead atoms. The van der Waals surface area contributed by atoms with E-state index >= 15 is 0 Å². The Morgan fingerprint density at radius 2 is 1.94 bits per heavy atom. The Kier molecular flexibility index (Phi) is 7.08. The number of rotatable bonds is 6. The van der Waals surface area contributed by atoms with Gasteiger partial charge >= 0.3 is 0 Å². The molecule has 1 unspecified atom stereocenters. The zero-order valence-corrected chi connectivity index (χ0v) is 18.9. The summed E-state index contributed by atoms with van der Waals surface area (Å²) in [6, 6.07) is 5.87. The molecule has 0 saturated carbocycles. The van der Waals surface area contributed by atoms with Gasteiger partial charge in [0.05, 0.1) is 29.9 Å². The maximum atomic E-state index is 13.5. The van der Waals surface area contributed by atoms with E-state index in [1.165, 1.54) is 19.2 Å². The van der Waals surface area contributed by atoms with Crippen LogP contribution in [0.1, 0.15) is 43.9 Å². The highest BCUT2D eigenvalue weighted by molar-refractivity contribution is 7.92. The second-order valence-corrected chi connectivity index (χ2v) is 10.0. The van der Waals surface area contributed by atoms with Gasteiger partial charge in [-0.1, -0.05) is 26.0 Å². The highest BCUT2D eigenvalue weighted by Crippen LogP contribution is 2.32. The van der Waals surface area contributed by atoms with Crippen LogP contribution in [0.15, 0.2) is 30.3 Å². The van der Waals surface area contributed by atoms with Crippen molar-refractivity contribution in [3.05, 3.63) is 47.4 Å². The number of ether oxygens (including phenoxy) is 1. The van der Waals surface area contributed by atoms with Gasteiger partial charge in [-0.15, -0.1) is 0 Å². The van der Waals surface area contributed by atoms with E-state index in [1.54, 1.807) is 12.1 Å². The fourth-order valence-corrected chi connectivity index (χ4v) is 3.72. The third-order valence-corrected chi connectivity index (χ3v) is 6.33. The van der Waals surface area contributed by atoms with E-state index in [0.717, 1.165) is 10.6 Å². The summed E-state index contributed by atoms with van der Waals surface area (Å²) in [6.07, 6.45) is 5.24. The minimum Gasteiger partial charge on any atom is -0.393 e. The molecule has 3 rings (SSSR count). The predicted octanol–water partition coefficient (Wildman–Crippen LogP) is 3.36. The molecule has 1 N–H and O–H groups in total. The van der Waals surface area contributed by atoms with Gasteiger partial charge in [-0.2, -0.15) is 0 Å². The zero-order chi connectivity index (χ0) is 22.8. The van der Waals surface area contributed by atoms with Crippen molar-refractivity contribution >= 4 is 22.0 Å². The molecule has 0 aliphatic carbocycles. The molecule has 31 heavy (non-hydrogen) atoms. The van der Waals surface area contributed by atoms with E-state index in [0.29, 0.717) is 42.0 Å². The molecule has 1 aromatic heterocycles. The molecule has 0 radical (unpaired) electrons. The van der Waals surface area contributed by atoms with Crippen LogP contribution in [0.3, 0.4) is 0 Å². The number of hydrogen-bond donors (Lipinski definition) is 1. The van der Waals surface area contributed by atoms with Gasteiger partial charge in [0.2, 0.25) is 16.0 Å². The number of hydrogen-bond acceptors (Lipinski definition) is 6. The van der Waals surface area contributed by atoms with Crippen molar-refractivity contribution < 1.29 is 22.7 Å². The van der Waals surface area contributed by atoms with Crippen molar-refractivity contribution in [3.63, 3.8) is 0 Å². The van der Waals surface area contributed by atoms with Gasteiger partial charge < -0.3 is 9.84 Å². The zero-order valence-electron chi connectivity index (χ0n) is 18.1. The van der Waals surface area contributed by atoms with Gasteiger partial charge in [-0.05, 0) is 36.6 Å². The number of aromatic nitrogens is 2. The van der Waals surface area contributed by atoms with E-state index in [9.17, 15) is 17.9 Å². The number of anilines is 1. The Balaban J connectivity index is 2.17. The second-order valence-electron chi connectivity index (χ2n) is 8.01. The molecule has 1 fully saturated rings. The number of benzene rings is 1. The monoisotopic (exact) mass is 449 g/mol. The Morgan fingerprint density at radius 1 is 1.26 bits per heavy atom.